The molecule has 0 saturated carbocycles. The van der Waals surface area contributed by atoms with Crippen molar-refractivity contribution in [1.29, 1.82) is 0 Å². The molecule has 82 valence electrons. The fraction of sp³-hybridized carbons (Fsp3) is 0.143. The van der Waals surface area contributed by atoms with Crippen LogP contribution in [0.25, 0.3) is 6.08 Å². The summed E-state index contributed by atoms with van der Waals surface area (Å²) >= 11 is 0. The summed E-state index contributed by atoms with van der Waals surface area (Å²) < 4.78 is 27.4. The van der Waals surface area contributed by atoms with Crippen molar-refractivity contribution in [2.45, 2.75) is 11.8 Å². The van der Waals surface area contributed by atoms with Crippen LogP contribution in [0.2, 0.25) is 0 Å². The smallest absolute Gasteiger partial charge is 0.182 e. The lowest BCUT2D eigenvalue weighted by molar-refractivity contribution is 0.174. The molecule has 0 saturated heterocycles. The van der Waals surface area contributed by atoms with Crippen molar-refractivity contribution in [1.82, 2.24) is 0 Å². The van der Waals surface area contributed by atoms with E-state index in [1.165, 1.54) is 30.4 Å². The van der Waals surface area contributed by atoms with Crippen LogP contribution in [0.1, 0.15) is 5.56 Å². The molecule has 0 bridgehead atoms. The van der Waals surface area contributed by atoms with Crippen LogP contribution in [0.15, 0.2) is 60.7 Å². The van der Waals surface area contributed by atoms with Gasteiger partial charge in [0.1, 0.15) is 0 Å². The Balaban J connectivity index is 2.18. The van der Waals surface area contributed by atoms with E-state index in [0.29, 0.717) is 0 Å². The van der Waals surface area contributed by atoms with Gasteiger partial charge in [-0.2, -0.15) is 0 Å². The molecular formula is C14H12F2. The number of rotatable bonds is 2. The second-order valence-corrected chi connectivity index (χ2v) is 3.72. The first kappa shape index (κ1) is 10.8. The summed E-state index contributed by atoms with van der Waals surface area (Å²) in [5, 5.41) is 0. The van der Waals surface area contributed by atoms with Gasteiger partial charge in [0.05, 0.1) is 0 Å². The van der Waals surface area contributed by atoms with Crippen LogP contribution in [0.3, 0.4) is 0 Å². The molecule has 0 heterocycles. The molecule has 0 N–H and O–H groups in total. The first-order valence-electron chi connectivity index (χ1n) is 5.14. The third-order valence-electron chi connectivity index (χ3n) is 2.50. The van der Waals surface area contributed by atoms with Crippen molar-refractivity contribution in [2.24, 2.45) is 0 Å². The van der Waals surface area contributed by atoms with Gasteiger partial charge in [0, 0.05) is 0 Å². The van der Waals surface area contributed by atoms with E-state index in [1.807, 2.05) is 30.3 Å². The molecule has 2 rings (SSSR count). The molecular weight excluding hydrogens is 206 g/mol. The minimum absolute atomic E-state index is 0.856. The summed E-state index contributed by atoms with van der Waals surface area (Å²) in [4.78, 5) is 0. The number of allylic oxidation sites excluding steroid dienone is 5. The maximum absolute atomic E-state index is 14.1. The van der Waals surface area contributed by atoms with E-state index in [1.54, 1.807) is 6.08 Å². The normalized spacial score (nSPS) is 28.8. The molecule has 1 aliphatic rings. The highest BCUT2D eigenvalue weighted by molar-refractivity contribution is 5.52. The molecule has 2 unspecified atom stereocenters. The van der Waals surface area contributed by atoms with E-state index >= 15 is 0 Å². The van der Waals surface area contributed by atoms with Gasteiger partial charge in [-0.3, -0.25) is 0 Å². The third kappa shape index (κ3) is 2.27. The molecule has 0 fully saturated rings. The first-order valence-corrected chi connectivity index (χ1v) is 5.14. The maximum Gasteiger partial charge on any atom is 0.182 e. The molecule has 0 nitrogen and oxygen atoms in total. The van der Waals surface area contributed by atoms with E-state index in [-0.39, 0.29) is 0 Å². The van der Waals surface area contributed by atoms with Crippen molar-refractivity contribution in [3.05, 3.63) is 66.3 Å². The van der Waals surface area contributed by atoms with Crippen molar-refractivity contribution >= 4 is 6.08 Å². The lowest BCUT2D eigenvalue weighted by Crippen LogP contribution is -2.30. The Morgan fingerprint density at radius 2 is 1.88 bits per heavy atom. The van der Waals surface area contributed by atoms with E-state index < -0.39 is 11.8 Å². The van der Waals surface area contributed by atoms with Crippen molar-refractivity contribution < 1.29 is 8.78 Å². The molecule has 2 heteroatoms. The molecule has 0 aliphatic heterocycles. The Kier molecular flexibility index (Phi) is 3.00. The van der Waals surface area contributed by atoms with E-state index in [9.17, 15) is 8.78 Å². The van der Waals surface area contributed by atoms with Gasteiger partial charge in [-0.05, 0) is 23.8 Å². The first-order chi connectivity index (χ1) is 7.71. The van der Waals surface area contributed by atoms with Crippen molar-refractivity contribution in [2.75, 3.05) is 0 Å². The monoisotopic (exact) mass is 218 g/mol. The zero-order chi connectivity index (χ0) is 11.4. The molecule has 0 aromatic heterocycles. The maximum atomic E-state index is 14.1. The molecule has 1 aromatic rings. The van der Waals surface area contributed by atoms with Crippen LogP contribution in [0, 0.1) is 0 Å². The van der Waals surface area contributed by atoms with Crippen LogP contribution in [-0.4, -0.2) is 11.8 Å². The SMILES string of the molecule is FC1C=CC=CC1(F)C=Cc1ccccc1. The molecule has 0 amide bonds. The second kappa shape index (κ2) is 4.44. The largest absolute Gasteiger partial charge is 0.239 e. The Hall–Kier alpha value is -1.70. The van der Waals surface area contributed by atoms with Gasteiger partial charge in [-0.1, -0.05) is 48.6 Å². The summed E-state index contributed by atoms with van der Waals surface area (Å²) in [5.41, 5.74) is -1.17. The molecule has 16 heavy (non-hydrogen) atoms. The third-order valence-corrected chi connectivity index (χ3v) is 2.50. The van der Waals surface area contributed by atoms with Crippen LogP contribution in [0.5, 0.6) is 0 Å². The lowest BCUT2D eigenvalue weighted by Gasteiger charge is -2.21. The van der Waals surface area contributed by atoms with Gasteiger partial charge < -0.3 is 0 Å². The highest BCUT2D eigenvalue weighted by Crippen LogP contribution is 2.28. The Morgan fingerprint density at radius 1 is 1.12 bits per heavy atom. The topological polar surface area (TPSA) is 0 Å². The number of hydrogen-bond acceptors (Lipinski definition) is 0. The van der Waals surface area contributed by atoms with Gasteiger partial charge in [0.2, 0.25) is 0 Å². The zero-order valence-corrected chi connectivity index (χ0v) is 8.68. The number of benzene rings is 1. The average molecular weight is 218 g/mol. The van der Waals surface area contributed by atoms with Crippen LogP contribution in [-0.2, 0) is 0 Å². The van der Waals surface area contributed by atoms with Crippen LogP contribution >= 0.6 is 0 Å². The predicted molar refractivity (Wildman–Crippen MR) is 62.5 cm³/mol. The van der Waals surface area contributed by atoms with Gasteiger partial charge in [-0.25, -0.2) is 8.78 Å². The number of halogens is 2. The second-order valence-electron chi connectivity index (χ2n) is 3.72. The summed E-state index contributed by atoms with van der Waals surface area (Å²) in [6.07, 6.45) is 6.72. The van der Waals surface area contributed by atoms with E-state index in [0.717, 1.165) is 5.56 Å². The lowest BCUT2D eigenvalue weighted by atomic mass is 9.94. The molecule has 2 atom stereocenters. The highest BCUT2D eigenvalue weighted by Gasteiger charge is 2.33. The number of alkyl halides is 2. The zero-order valence-electron chi connectivity index (χ0n) is 8.68. The summed E-state index contributed by atoms with van der Waals surface area (Å²) in [6, 6.07) is 9.27. The van der Waals surface area contributed by atoms with Crippen molar-refractivity contribution in [3.8, 4) is 0 Å². The van der Waals surface area contributed by atoms with Gasteiger partial charge in [0.25, 0.3) is 0 Å². The van der Waals surface area contributed by atoms with Gasteiger partial charge in [-0.15, -0.1) is 0 Å². The van der Waals surface area contributed by atoms with E-state index in [2.05, 4.69) is 0 Å². The molecule has 1 aromatic carbocycles. The highest BCUT2D eigenvalue weighted by atomic mass is 19.2. The Bertz CT molecular complexity index is 431. The standard InChI is InChI=1S/C14H12F2/c15-13-8-4-5-10-14(13,16)11-9-12-6-2-1-3-7-12/h1-11,13H. The molecule has 0 spiro atoms. The average Bonchev–Trinajstić information content (AvgIpc) is 2.32. The predicted octanol–water partition coefficient (Wildman–Crippen LogP) is 3.87. The summed E-state index contributed by atoms with van der Waals surface area (Å²) in [5.74, 6) is 0. The summed E-state index contributed by atoms with van der Waals surface area (Å²) in [7, 11) is 0. The quantitative estimate of drug-likeness (QED) is 0.706. The van der Waals surface area contributed by atoms with Crippen molar-refractivity contribution in [3.63, 3.8) is 0 Å². The van der Waals surface area contributed by atoms with Crippen LogP contribution in [0.4, 0.5) is 8.78 Å². The molecule has 0 radical (unpaired) electrons. The minimum Gasteiger partial charge on any atom is -0.239 e. The Labute approximate surface area is 93.6 Å². The van der Waals surface area contributed by atoms with Gasteiger partial charge in [0.15, 0.2) is 11.8 Å². The summed E-state index contributed by atoms with van der Waals surface area (Å²) in [6.45, 7) is 0. The van der Waals surface area contributed by atoms with Gasteiger partial charge >= 0.3 is 0 Å². The minimum atomic E-state index is -2.02. The number of hydrogen-bond donors (Lipinski definition) is 0. The van der Waals surface area contributed by atoms with Crippen LogP contribution < -0.4 is 0 Å². The molecule has 1 aliphatic carbocycles. The fourth-order valence-corrected chi connectivity index (χ4v) is 1.54. The Morgan fingerprint density at radius 3 is 2.56 bits per heavy atom. The van der Waals surface area contributed by atoms with E-state index in [4.69, 9.17) is 0 Å². The fourth-order valence-electron chi connectivity index (χ4n) is 1.54.